The van der Waals surface area contributed by atoms with Gasteiger partial charge in [0.1, 0.15) is 17.3 Å². The summed E-state index contributed by atoms with van der Waals surface area (Å²) in [7, 11) is 3.25. The average Bonchev–Trinajstić information content (AvgIpc) is 3.40. The Morgan fingerprint density at radius 1 is 0.946 bits per heavy atom. The minimum atomic E-state index is -0.313. The Balaban J connectivity index is 1.35. The van der Waals surface area contributed by atoms with E-state index < -0.39 is 0 Å². The van der Waals surface area contributed by atoms with Gasteiger partial charge >= 0.3 is 0 Å². The van der Waals surface area contributed by atoms with Crippen LogP contribution in [0.3, 0.4) is 0 Å². The molecule has 1 amide bonds. The lowest BCUT2D eigenvalue weighted by Crippen LogP contribution is -2.49. The lowest BCUT2D eigenvalue weighted by atomic mass is 9.97. The summed E-state index contributed by atoms with van der Waals surface area (Å²) in [6.45, 7) is 2.87. The molecule has 37 heavy (non-hydrogen) atoms. The van der Waals surface area contributed by atoms with Crippen molar-refractivity contribution in [3.05, 3.63) is 89.7 Å². The minimum Gasteiger partial charge on any atom is -0.497 e. The number of para-hydroxylation sites is 1. The molecule has 0 N–H and O–H groups in total. The number of hydrogen-bond donors (Lipinski definition) is 0. The van der Waals surface area contributed by atoms with Crippen LogP contribution in [0.5, 0.6) is 11.5 Å². The van der Waals surface area contributed by atoms with Crippen LogP contribution in [0.25, 0.3) is 0 Å². The number of methoxy groups -OCH3 is 2. The second-order valence-electron chi connectivity index (χ2n) is 9.19. The molecule has 3 aromatic carbocycles. The first-order chi connectivity index (χ1) is 18.1. The number of rotatable bonds is 7. The van der Waals surface area contributed by atoms with Crippen LogP contribution < -0.4 is 14.4 Å². The number of carbonyl (C=O) groups excluding carboxylic acids is 1. The molecule has 192 valence electrons. The molecule has 0 saturated carbocycles. The fourth-order valence-electron chi connectivity index (χ4n) is 5.01. The summed E-state index contributed by atoms with van der Waals surface area (Å²) in [5.74, 6) is 1.08. The first-order valence-electron chi connectivity index (χ1n) is 12.5. The Labute approximate surface area is 216 Å². The van der Waals surface area contributed by atoms with Crippen molar-refractivity contribution in [3.8, 4) is 11.5 Å². The van der Waals surface area contributed by atoms with E-state index in [-0.39, 0.29) is 24.3 Å². The number of nitrogens with zero attached hydrogens (tertiary/aromatic N) is 4. The lowest BCUT2D eigenvalue weighted by Gasteiger charge is -2.36. The molecule has 0 aliphatic carbocycles. The number of hydrogen-bond acceptors (Lipinski definition) is 6. The van der Waals surface area contributed by atoms with Crippen molar-refractivity contribution in [2.45, 2.75) is 12.5 Å². The number of carbonyl (C=O) groups is 1. The quantitative estimate of drug-likeness (QED) is 0.481. The number of piperazine rings is 1. The third kappa shape index (κ3) is 5.29. The summed E-state index contributed by atoms with van der Waals surface area (Å²) >= 11 is 0. The molecule has 2 aliphatic heterocycles. The van der Waals surface area contributed by atoms with E-state index in [0.29, 0.717) is 49.8 Å². The van der Waals surface area contributed by atoms with Crippen LogP contribution in [-0.4, -0.2) is 68.5 Å². The van der Waals surface area contributed by atoms with E-state index in [2.05, 4.69) is 4.90 Å². The number of amides is 1. The van der Waals surface area contributed by atoms with Crippen molar-refractivity contribution in [2.75, 3.05) is 51.8 Å². The number of halogens is 1. The highest BCUT2D eigenvalue weighted by Gasteiger charge is 2.36. The molecule has 3 aromatic rings. The van der Waals surface area contributed by atoms with E-state index in [1.807, 2.05) is 59.5 Å². The normalized spacial score (nSPS) is 18.0. The van der Waals surface area contributed by atoms with Gasteiger partial charge < -0.3 is 14.4 Å². The highest BCUT2D eigenvalue weighted by atomic mass is 19.1. The van der Waals surface area contributed by atoms with E-state index in [1.54, 1.807) is 31.4 Å². The van der Waals surface area contributed by atoms with Gasteiger partial charge in [-0.2, -0.15) is 5.10 Å². The average molecular weight is 503 g/mol. The maximum Gasteiger partial charge on any atom is 0.257 e. The molecule has 5 rings (SSSR count). The van der Waals surface area contributed by atoms with Crippen molar-refractivity contribution >= 4 is 17.3 Å². The van der Waals surface area contributed by atoms with E-state index in [9.17, 15) is 9.18 Å². The SMILES string of the molecule is COc1ccc(OC)c(C2CC(c3ccccc3)=NN2C(=O)CN2CCN(c3ccccc3F)CC2)c1. The molecule has 0 radical (unpaired) electrons. The first-order valence-corrected chi connectivity index (χ1v) is 12.5. The molecule has 0 bridgehead atoms. The largest absolute Gasteiger partial charge is 0.497 e. The summed E-state index contributed by atoms with van der Waals surface area (Å²) in [4.78, 5) is 17.8. The standard InChI is InChI=1S/C29H31FN4O3/c1-36-22-12-13-28(37-2)23(18-22)27-19-25(21-8-4-3-5-9-21)31-34(27)29(35)20-32-14-16-33(17-15-32)26-11-7-6-10-24(26)30/h3-13,18,27H,14-17,19-20H2,1-2H3. The van der Waals surface area contributed by atoms with Crippen LogP contribution in [0, 0.1) is 5.82 Å². The van der Waals surface area contributed by atoms with Gasteiger partial charge in [0.25, 0.3) is 5.91 Å². The molecular weight excluding hydrogens is 471 g/mol. The van der Waals surface area contributed by atoms with Crippen molar-refractivity contribution in [1.82, 2.24) is 9.91 Å². The van der Waals surface area contributed by atoms with Gasteiger partial charge in [-0.1, -0.05) is 42.5 Å². The maximum absolute atomic E-state index is 14.2. The van der Waals surface area contributed by atoms with Crippen LogP contribution in [0.15, 0.2) is 77.9 Å². The Hall–Kier alpha value is -3.91. The zero-order valence-electron chi connectivity index (χ0n) is 21.1. The molecule has 8 heteroatoms. The zero-order chi connectivity index (χ0) is 25.8. The second kappa shape index (κ2) is 11.0. The van der Waals surface area contributed by atoms with Crippen molar-refractivity contribution < 1.29 is 18.7 Å². The van der Waals surface area contributed by atoms with E-state index >= 15 is 0 Å². The molecular formula is C29H31FN4O3. The molecule has 2 aliphatic rings. The second-order valence-corrected chi connectivity index (χ2v) is 9.19. The number of benzene rings is 3. The minimum absolute atomic E-state index is 0.0832. The van der Waals surface area contributed by atoms with Gasteiger partial charge in [-0.15, -0.1) is 0 Å². The fraction of sp³-hybridized carbons (Fsp3) is 0.310. The van der Waals surface area contributed by atoms with Gasteiger partial charge in [-0.05, 0) is 35.9 Å². The Morgan fingerprint density at radius 3 is 2.38 bits per heavy atom. The highest BCUT2D eigenvalue weighted by molar-refractivity contribution is 6.03. The maximum atomic E-state index is 14.2. The molecule has 1 atom stereocenters. The summed E-state index contributed by atoms with van der Waals surface area (Å²) in [6.07, 6.45) is 0.570. The topological polar surface area (TPSA) is 57.6 Å². The van der Waals surface area contributed by atoms with Crippen LogP contribution in [-0.2, 0) is 4.79 Å². The molecule has 1 fully saturated rings. The van der Waals surface area contributed by atoms with Crippen LogP contribution in [0.4, 0.5) is 10.1 Å². The Kier molecular flexibility index (Phi) is 7.37. The number of ether oxygens (including phenoxy) is 2. The van der Waals surface area contributed by atoms with Crippen molar-refractivity contribution in [3.63, 3.8) is 0 Å². The smallest absolute Gasteiger partial charge is 0.257 e. The molecule has 1 saturated heterocycles. The molecule has 2 heterocycles. The summed E-state index contributed by atoms with van der Waals surface area (Å²) in [5, 5.41) is 6.40. The lowest BCUT2D eigenvalue weighted by molar-refractivity contribution is -0.134. The van der Waals surface area contributed by atoms with Gasteiger partial charge in [0, 0.05) is 38.2 Å². The van der Waals surface area contributed by atoms with Crippen LogP contribution in [0.1, 0.15) is 23.6 Å². The van der Waals surface area contributed by atoms with Gasteiger partial charge in [0.15, 0.2) is 0 Å². The molecule has 1 unspecified atom stereocenters. The third-order valence-corrected chi connectivity index (χ3v) is 6.99. The summed E-state index contributed by atoms with van der Waals surface area (Å²) < 4.78 is 25.3. The summed E-state index contributed by atoms with van der Waals surface area (Å²) in [5.41, 5.74) is 3.31. The van der Waals surface area contributed by atoms with Gasteiger partial charge in [0.2, 0.25) is 0 Å². The Bertz CT molecular complexity index is 1280. The van der Waals surface area contributed by atoms with E-state index in [4.69, 9.17) is 14.6 Å². The van der Waals surface area contributed by atoms with Gasteiger partial charge in [-0.3, -0.25) is 9.69 Å². The van der Waals surface area contributed by atoms with E-state index in [1.165, 1.54) is 6.07 Å². The third-order valence-electron chi connectivity index (χ3n) is 6.99. The monoisotopic (exact) mass is 502 g/mol. The van der Waals surface area contributed by atoms with Gasteiger partial charge in [-0.25, -0.2) is 9.40 Å². The first kappa shape index (κ1) is 24.8. The van der Waals surface area contributed by atoms with Crippen LogP contribution in [0.2, 0.25) is 0 Å². The van der Waals surface area contributed by atoms with Crippen molar-refractivity contribution in [1.29, 1.82) is 0 Å². The number of anilines is 1. The van der Waals surface area contributed by atoms with Gasteiger partial charge in [0.05, 0.1) is 38.2 Å². The fourth-order valence-corrected chi connectivity index (χ4v) is 5.01. The van der Waals surface area contributed by atoms with E-state index in [0.717, 1.165) is 16.8 Å². The molecule has 0 spiro atoms. The number of hydrazone groups is 1. The Morgan fingerprint density at radius 2 is 1.68 bits per heavy atom. The molecule has 0 aromatic heterocycles. The summed E-state index contributed by atoms with van der Waals surface area (Å²) in [6, 6.07) is 22.1. The highest BCUT2D eigenvalue weighted by Crippen LogP contribution is 2.39. The zero-order valence-corrected chi connectivity index (χ0v) is 21.1. The predicted octanol–water partition coefficient (Wildman–Crippen LogP) is 4.34. The van der Waals surface area contributed by atoms with Crippen molar-refractivity contribution in [2.24, 2.45) is 5.10 Å². The molecule has 7 nitrogen and oxygen atoms in total. The van der Waals surface area contributed by atoms with Crippen LogP contribution >= 0.6 is 0 Å². The predicted molar refractivity (Wildman–Crippen MR) is 142 cm³/mol.